The summed E-state index contributed by atoms with van der Waals surface area (Å²) < 4.78 is 15.1. The number of nitrogens with zero attached hydrogens (tertiary/aromatic N) is 1. The van der Waals surface area contributed by atoms with E-state index in [0.29, 0.717) is 33.8 Å². The molecule has 0 radical (unpaired) electrons. The molecule has 4 rings (SSSR count). The van der Waals surface area contributed by atoms with E-state index >= 15 is 0 Å². The van der Waals surface area contributed by atoms with Crippen LogP contribution < -0.4 is 16.0 Å². The lowest BCUT2D eigenvalue weighted by Gasteiger charge is -2.26. The van der Waals surface area contributed by atoms with Gasteiger partial charge in [0, 0.05) is 24.1 Å². The molecule has 1 unspecified atom stereocenters. The lowest BCUT2D eigenvalue weighted by molar-refractivity contribution is -0.119. The van der Waals surface area contributed by atoms with Crippen LogP contribution in [0.3, 0.4) is 0 Å². The molecule has 3 aromatic rings. The van der Waals surface area contributed by atoms with Crippen molar-refractivity contribution in [1.82, 2.24) is 9.88 Å². The molecule has 2 aromatic carbocycles. The molecule has 0 bridgehead atoms. The zero-order valence-electron chi connectivity index (χ0n) is 19.8. The van der Waals surface area contributed by atoms with Crippen LogP contribution in [0.5, 0.6) is 0 Å². The number of hydrogen-bond donors (Lipinski definition) is 3. The summed E-state index contributed by atoms with van der Waals surface area (Å²) >= 11 is 0. The number of aromatic nitrogens is 1. The second-order valence-corrected chi connectivity index (χ2v) is 8.61. The second kappa shape index (κ2) is 9.17. The molecule has 0 saturated heterocycles. The summed E-state index contributed by atoms with van der Waals surface area (Å²) in [5.41, 5.74) is 3.28. The van der Waals surface area contributed by atoms with Crippen LogP contribution in [0.1, 0.15) is 55.7 Å². The lowest BCUT2D eigenvalue weighted by Crippen LogP contribution is -2.39. The number of anilines is 2. The Hall–Kier alpha value is -4.27. The van der Waals surface area contributed by atoms with E-state index in [4.69, 9.17) is 0 Å². The molecule has 8 nitrogen and oxygen atoms in total. The van der Waals surface area contributed by atoms with Crippen molar-refractivity contribution in [2.24, 2.45) is 7.05 Å². The first kappa shape index (κ1) is 23.9. The van der Waals surface area contributed by atoms with Crippen LogP contribution in [0.15, 0.2) is 42.5 Å². The Labute approximate surface area is 201 Å². The number of fused-ring (bicyclic) bond motifs is 1. The fourth-order valence-corrected chi connectivity index (χ4v) is 4.42. The molecule has 2 heterocycles. The fourth-order valence-electron chi connectivity index (χ4n) is 4.42. The molecule has 0 fully saturated rings. The first-order valence-corrected chi connectivity index (χ1v) is 11.1. The number of amides is 3. The Morgan fingerprint density at radius 3 is 2.51 bits per heavy atom. The van der Waals surface area contributed by atoms with Gasteiger partial charge in [0.2, 0.25) is 5.91 Å². The van der Waals surface area contributed by atoms with E-state index in [-0.39, 0.29) is 29.4 Å². The van der Waals surface area contributed by atoms with Crippen molar-refractivity contribution < 1.29 is 23.6 Å². The van der Waals surface area contributed by atoms with Crippen LogP contribution in [0.2, 0.25) is 0 Å². The number of ketones is 1. The van der Waals surface area contributed by atoms with Gasteiger partial charge >= 0.3 is 0 Å². The van der Waals surface area contributed by atoms with Crippen LogP contribution in [0.25, 0.3) is 0 Å². The highest BCUT2D eigenvalue weighted by molar-refractivity contribution is 6.43. The number of hydrogen-bond acceptors (Lipinski definition) is 4. The molecule has 9 heteroatoms. The van der Waals surface area contributed by atoms with Gasteiger partial charge in [-0.2, -0.15) is 0 Å². The predicted octanol–water partition coefficient (Wildman–Crippen LogP) is 3.72. The molecular weight excluding hydrogens is 451 g/mol. The summed E-state index contributed by atoms with van der Waals surface area (Å²) in [6.07, 6.45) is 0.00588. The number of carbonyl (C=O) groups is 4. The normalized spacial score (nSPS) is 14.7. The maximum Gasteiger partial charge on any atom is 0.294 e. The SMILES string of the molecule is Cc1cc(NC(=O)c2c(C)c(C(=O)C(=O)NC3CC(=O)Nc4ccccc43)n(C)c2C)ccc1F. The van der Waals surface area contributed by atoms with Crippen LogP contribution in [0, 0.1) is 26.6 Å². The Kier molecular flexibility index (Phi) is 6.26. The maximum atomic E-state index is 13.6. The number of benzene rings is 2. The van der Waals surface area contributed by atoms with Crippen molar-refractivity contribution in [1.29, 1.82) is 0 Å². The summed E-state index contributed by atoms with van der Waals surface area (Å²) in [5.74, 6) is -2.80. The largest absolute Gasteiger partial charge is 0.344 e. The van der Waals surface area contributed by atoms with Crippen LogP contribution in [-0.4, -0.2) is 28.1 Å². The average molecular weight is 477 g/mol. The molecule has 0 aliphatic carbocycles. The molecule has 1 aromatic heterocycles. The molecule has 3 amide bonds. The Balaban J connectivity index is 1.58. The molecule has 1 aliphatic heterocycles. The van der Waals surface area contributed by atoms with Gasteiger partial charge in [-0.1, -0.05) is 18.2 Å². The van der Waals surface area contributed by atoms with Crippen molar-refractivity contribution in [3.05, 3.63) is 81.9 Å². The number of halogens is 1. The van der Waals surface area contributed by atoms with Crippen molar-refractivity contribution in [3.8, 4) is 0 Å². The smallest absolute Gasteiger partial charge is 0.294 e. The number of carbonyl (C=O) groups excluding carboxylic acids is 4. The van der Waals surface area contributed by atoms with E-state index < -0.39 is 23.6 Å². The fraction of sp³-hybridized carbons (Fsp3) is 0.231. The Bertz CT molecular complexity index is 1390. The van der Waals surface area contributed by atoms with E-state index in [9.17, 15) is 23.6 Å². The van der Waals surface area contributed by atoms with E-state index in [2.05, 4.69) is 16.0 Å². The monoisotopic (exact) mass is 476 g/mol. The predicted molar refractivity (Wildman–Crippen MR) is 129 cm³/mol. The molecule has 0 spiro atoms. The minimum Gasteiger partial charge on any atom is -0.344 e. The van der Waals surface area contributed by atoms with Gasteiger partial charge in [-0.15, -0.1) is 0 Å². The van der Waals surface area contributed by atoms with Crippen molar-refractivity contribution in [2.75, 3.05) is 10.6 Å². The number of nitrogens with one attached hydrogen (secondary N) is 3. The van der Waals surface area contributed by atoms with Gasteiger partial charge in [0.15, 0.2) is 0 Å². The van der Waals surface area contributed by atoms with Crippen LogP contribution in [0.4, 0.5) is 15.8 Å². The zero-order chi connectivity index (χ0) is 25.4. The summed E-state index contributed by atoms with van der Waals surface area (Å²) in [6, 6.07) is 10.6. The third kappa shape index (κ3) is 4.44. The van der Waals surface area contributed by atoms with Gasteiger partial charge < -0.3 is 20.5 Å². The minimum absolute atomic E-state index is 0.00588. The summed E-state index contributed by atoms with van der Waals surface area (Å²) in [4.78, 5) is 51.2. The van der Waals surface area contributed by atoms with Gasteiger partial charge in [-0.05, 0) is 61.7 Å². The minimum atomic E-state index is -0.871. The highest BCUT2D eigenvalue weighted by Gasteiger charge is 2.32. The number of rotatable bonds is 5. The van der Waals surface area contributed by atoms with Gasteiger partial charge in [-0.3, -0.25) is 19.2 Å². The first-order valence-electron chi connectivity index (χ1n) is 11.1. The van der Waals surface area contributed by atoms with Crippen molar-refractivity contribution in [3.63, 3.8) is 0 Å². The van der Waals surface area contributed by atoms with Crippen LogP contribution >= 0.6 is 0 Å². The highest BCUT2D eigenvalue weighted by atomic mass is 19.1. The number of Topliss-reactive ketones (excluding diaryl/α,β-unsaturated/α-hetero) is 1. The standard InChI is InChI=1S/C26H25FN4O4/c1-13-11-16(9-10-18(13)27)28-25(34)22-14(2)23(31(4)15(22)3)24(33)26(35)30-20-12-21(32)29-19-8-6-5-7-17(19)20/h5-11,20H,12H2,1-4H3,(H,28,34)(H,29,32)(H,30,35). The van der Waals surface area contributed by atoms with E-state index in [1.807, 2.05) is 0 Å². The molecular formula is C26H25FN4O4. The Morgan fingerprint density at radius 2 is 1.80 bits per heavy atom. The van der Waals surface area contributed by atoms with Gasteiger partial charge in [0.25, 0.3) is 17.6 Å². The van der Waals surface area contributed by atoms with E-state index in [0.717, 1.165) is 0 Å². The first-order chi connectivity index (χ1) is 16.6. The average Bonchev–Trinajstić information content (AvgIpc) is 3.03. The molecule has 35 heavy (non-hydrogen) atoms. The van der Waals surface area contributed by atoms with E-state index in [1.54, 1.807) is 52.1 Å². The molecule has 1 aliphatic rings. The molecule has 180 valence electrons. The van der Waals surface area contributed by atoms with Crippen LogP contribution in [-0.2, 0) is 16.6 Å². The van der Waals surface area contributed by atoms with Gasteiger partial charge in [0.05, 0.1) is 23.7 Å². The summed E-state index contributed by atoms with van der Waals surface area (Å²) in [5, 5.41) is 8.14. The molecule has 0 saturated carbocycles. The third-order valence-corrected chi connectivity index (χ3v) is 6.30. The number of para-hydroxylation sites is 1. The highest BCUT2D eigenvalue weighted by Crippen LogP contribution is 2.30. The Morgan fingerprint density at radius 1 is 1.09 bits per heavy atom. The van der Waals surface area contributed by atoms with Gasteiger partial charge in [-0.25, -0.2) is 4.39 Å². The number of aryl methyl sites for hydroxylation is 1. The van der Waals surface area contributed by atoms with Crippen molar-refractivity contribution in [2.45, 2.75) is 33.2 Å². The third-order valence-electron chi connectivity index (χ3n) is 6.30. The summed E-state index contributed by atoms with van der Waals surface area (Å²) in [6.45, 7) is 4.86. The lowest BCUT2D eigenvalue weighted by atomic mass is 9.97. The maximum absolute atomic E-state index is 13.6. The quantitative estimate of drug-likeness (QED) is 0.385. The molecule has 3 N–H and O–H groups in total. The van der Waals surface area contributed by atoms with E-state index in [1.165, 1.54) is 22.8 Å². The summed E-state index contributed by atoms with van der Waals surface area (Å²) in [7, 11) is 1.60. The topological polar surface area (TPSA) is 109 Å². The van der Waals surface area contributed by atoms with Crippen molar-refractivity contribution >= 4 is 34.9 Å². The second-order valence-electron chi connectivity index (χ2n) is 8.61. The van der Waals surface area contributed by atoms with Gasteiger partial charge in [0.1, 0.15) is 5.82 Å². The zero-order valence-corrected chi connectivity index (χ0v) is 19.8. The molecule has 1 atom stereocenters.